The minimum absolute atomic E-state index is 0.394. The van der Waals surface area contributed by atoms with Gasteiger partial charge in [-0.15, -0.1) is 0 Å². The Labute approximate surface area is 67.0 Å². The van der Waals surface area contributed by atoms with Crippen molar-refractivity contribution in [2.24, 2.45) is 0 Å². The van der Waals surface area contributed by atoms with Gasteiger partial charge in [-0.2, -0.15) is 25.3 Å². The van der Waals surface area contributed by atoms with E-state index in [0.29, 0.717) is 12.2 Å². The van der Waals surface area contributed by atoms with Gasteiger partial charge in [0.1, 0.15) is 0 Å². The summed E-state index contributed by atoms with van der Waals surface area (Å²) >= 11 is 8.29. The van der Waals surface area contributed by atoms with Crippen molar-refractivity contribution < 1.29 is 4.74 Å². The van der Waals surface area contributed by atoms with E-state index < -0.39 is 0 Å². The molecule has 1 rings (SSSR count). The summed E-state index contributed by atoms with van der Waals surface area (Å²) in [5.74, 6) is 1.70. The Bertz CT molecular complexity index is 77.1. The predicted octanol–water partition coefficient (Wildman–Crippen LogP) is 1.39. The predicted molar refractivity (Wildman–Crippen MR) is 45.6 cm³/mol. The molecule has 54 valence electrons. The Balaban J connectivity index is 2.20. The van der Waals surface area contributed by atoms with Crippen molar-refractivity contribution in [3.63, 3.8) is 0 Å². The molecule has 1 heterocycles. The second kappa shape index (κ2) is 3.74. The molecule has 0 aliphatic carbocycles. The Hall–Kier alpha value is 0.660. The lowest BCUT2D eigenvalue weighted by atomic mass is 10.2. The van der Waals surface area contributed by atoms with Crippen LogP contribution in [0, 0.1) is 0 Å². The van der Waals surface area contributed by atoms with E-state index in [2.05, 4.69) is 25.3 Å². The van der Waals surface area contributed by atoms with E-state index in [1.54, 1.807) is 0 Å². The Morgan fingerprint density at radius 1 is 1.11 bits per heavy atom. The summed E-state index contributed by atoms with van der Waals surface area (Å²) in [6.07, 6.45) is 3.11. The fourth-order valence-electron chi connectivity index (χ4n) is 1.05. The van der Waals surface area contributed by atoms with Crippen LogP contribution in [0.2, 0.25) is 0 Å². The van der Waals surface area contributed by atoms with Crippen LogP contribution in [0.4, 0.5) is 0 Å². The Morgan fingerprint density at radius 2 is 1.56 bits per heavy atom. The van der Waals surface area contributed by atoms with Gasteiger partial charge in [0, 0.05) is 11.5 Å². The molecule has 0 N–H and O–H groups in total. The van der Waals surface area contributed by atoms with Gasteiger partial charge in [0.05, 0.1) is 12.2 Å². The average Bonchev–Trinajstić information content (AvgIpc) is 2.34. The first-order valence-corrected chi connectivity index (χ1v) is 4.50. The van der Waals surface area contributed by atoms with E-state index >= 15 is 0 Å². The quantitative estimate of drug-likeness (QED) is 0.587. The lowest BCUT2D eigenvalue weighted by molar-refractivity contribution is 0.0731. The number of ether oxygens (including phenoxy) is 1. The zero-order valence-electron chi connectivity index (χ0n) is 5.29. The van der Waals surface area contributed by atoms with Crippen molar-refractivity contribution in [2.75, 3.05) is 11.5 Å². The molecule has 0 aromatic rings. The van der Waals surface area contributed by atoms with Crippen molar-refractivity contribution in [3.8, 4) is 0 Å². The standard InChI is InChI=1S/C6H12OS2/c8-3-5-1-2-6(4-9)7-5/h5-6,8-9H,1-4H2/t5-,6+. The molecule has 0 aromatic carbocycles. The molecular formula is C6H12OS2. The highest BCUT2D eigenvalue weighted by Crippen LogP contribution is 2.20. The third-order valence-corrected chi connectivity index (χ3v) is 2.42. The molecule has 0 saturated carbocycles. The SMILES string of the molecule is SC[C@@H]1CC[C@H](CS)O1. The summed E-state index contributed by atoms with van der Waals surface area (Å²) in [4.78, 5) is 0. The van der Waals surface area contributed by atoms with E-state index in [1.165, 1.54) is 0 Å². The fourth-order valence-corrected chi connectivity index (χ4v) is 1.59. The smallest absolute Gasteiger partial charge is 0.0668 e. The van der Waals surface area contributed by atoms with Gasteiger partial charge in [0.25, 0.3) is 0 Å². The molecule has 0 spiro atoms. The van der Waals surface area contributed by atoms with Crippen LogP contribution in [0.5, 0.6) is 0 Å². The zero-order chi connectivity index (χ0) is 6.69. The second-order valence-corrected chi connectivity index (χ2v) is 3.05. The van der Waals surface area contributed by atoms with E-state index in [0.717, 1.165) is 24.3 Å². The molecular weight excluding hydrogens is 152 g/mol. The third-order valence-electron chi connectivity index (χ3n) is 1.60. The molecule has 0 amide bonds. The molecule has 0 bridgehead atoms. The number of thiol groups is 2. The zero-order valence-corrected chi connectivity index (χ0v) is 7.07. The van der Waals surface area contributed by atoms with E-state index in [1.807, 2.05) is 0 Å². The first-order chi connectivity index (χ1) is 4.36. The van der Waals surface area contributed by atoms with Gasteiger partial charge in [0.15, 0.2) is 0 Å². The molecule has 0 radical (unpaired) electrons. The monoisotopic (exact) mass is 164 g/mol. The van der Waals surface area contributed by atoms with Crippen LogP contribution in [0.25, 0.3) is 0 Å². The number of rotatable bonds is 2. The van der Waals surface area contributed by atoms with Crippen LogP contribution in [-0.4, -0.2) is 23.7 Å². The lowest BCUT2D eigenvalue weighted by Crippen LogP contribution is -2.12. The molecule has 9 heavy (non-hydrogen) atoms. The van der Waals surface area contributed by atoms with Gasteiger partial charge in [-0.05, 0) is 12.8 Å². The molecule has 0 unspecified atom stereocenters. The Morgan fingerprint density at radius 3 is 1.78 bits per heavy atom. The van der Waals surface area contributed by atoms with Gasteiger partial charge in [0.2, 0.25) is 0 Å². The average molecular weight is 164 g/mol. The van der Waals surface area contributed by atoms with Crippen molar-refractivity contribution in [1.82, 2.24) is 0 Å². The third kappa shape index (κ3) is 2.06. The van der Waals surface area contributed by atoms with Gasteiger partial charge < -0.3 is 4.74 Å². The van der Waals surface area contributed by atoms with Crippen LogP contribution in [0.3, 0.4) is 0 Å². The van der Waals surface area contributed by atoms with Gasteiger partial charge in [-0.3, -0.25) is 0 Å². The maximum absolute atomic E-state index is 5.51. The number of hydrogen-bond donors (Lipinski definition) is 2. The van der Waals surface area contributed by atoms with Gasteiger partial charge >= 0.3 is 0 Å². The summed E-state index contributed by atoms with van der Waals surface area (Å²) in [6.45, 7) is 0. The van der Waals surface area contributed by atoms with E-state index in [-0.39, 0.29) is 0 Å². The summed E-state index contributed by atoms with van der Waals surface area (Å²) < 4.78 is 5.51. The second-order valence-electron chi connectivity index (χ2n) is 2.32. The van der Waals surface area contributed by atoms with Crippen LogP contribution < -0.4 is 0 Å². The molecule has 3 heteroatoms. The highest BCUT2D eigenvalue weighted by atomic mass is 32.1. The van der Waals surface area contributed by atoms with Crippen LogP contribution in [0.1, 0.15) is 12.8 Å². The van der Waals surface area contributed by atoms with Crippen LogP contribution in [-0.2, 0) is 4.74 Å². The molecule has 1 aliphatic rings. The maximum Gasteiger partial charge on any atom is 0.0668 e. The first kappa shape index (κ1) is 7.76. The molecule has 1 saturated heterocycles. The topological polar surface area (TPSA) is 9.23 Å². The summed E-state index contributed by atoms with van der Waals surface area (Å²) in [5, 5.41) is 0. The minimum Gasteiger partial charge on any atom is -0.373 e. The van der Waals surface area contributed by atoms with E-state index in [9.17, 15) is 0 Å². The Kier molecular flexibility index (Phi) is 3.22. The van der Waals surface area contributed by atoms with Crippen LogP contribution >= 0.6 is 25.3 Å². The van der Waals surface area contributed by atoms with Crippen molar-refractivity contribution in [2.45, 2.75) is 25.0 Å². The first-order valence-electron chi connectivity index (χ1n) is 3.24. The molecule has 1 fully saturated rings. The van der Waals surface area contributed by atoms with E-state index in [4.69, 9.17) is 4.74 Å². The largest absolute Gasteiger partial charge is 0.373 e. The van der Waals surface area contributed by atoms with Gasteiger partial charge in [-0.25, -0.2) is 0 Å². The summed E-state index contributed by atoms with van der Waals surface area (Å²) in [6, 6.07) is 0. The van der Waals surface area contributed by atoms with Crippen molar-refractivity contribution >= 4 is 25.3 Å². The van der Waals surface area contributed by atoms with Crippen LogP contribution in [0.15, 0.2) is 0 Å². The summed E-state index contributed by atoms with van der Waals surface area (Å²) in [5.41, 5.74) is 0. The highest BCUT2D eigenvalue weighted by molar-refractivity contribution is 7.80. The molecule has 2 atom stereocenters. The normalized spacial score (nSPS) is 35.3. The number of hydrogen-bond acceptors (Lipinski definition) is 3. The van der Waals surface area contributed by atoms with Crippen molar-refractivity contribution in [1.29, 1.82) is 0 Å². The fraction of sp³-hybridized carbons (Fsp3) is 1.00. The van der Waals surface area contributed by atoms with Gasteiger partial charge in [-0.1, -0.05) is 0 Å². The summed E-state index contributed by atoms with van der Waals surface area (Å²) in [7, 11) is 0. The lowest BCUT2D eigenvalue weighted by Gasteiger charge is -2.07. The molecule has 0 aromatic heterocycles. The molecule has 1 nitrogen and oxygen atoms in total. The molecule has 1 aliphatic heterocycles. The highest BCUT2D eigenvalue weighted by Gasteiger charge is 2.22. The maximum atomic E-state index is 5.51. The minimum atomic E-state index is 0.394. The van der Waals surface area contributed by atoms with Crippen molar-refractivity contribution in [3.05, 3.63) is 0 Å².